The van der Waals surface area contributed by atoms with E-state index in [1.807, 2.05) is 6.92 Å². The van der Waals surface area contributed by atoms with Crippen LogP contribution in [0.5, 0.6) is 0 Å². The summed E-state index contributed by atoms with van der Waals surface area (Å²) in [5.41, 5.74) is 0.950. The van der Waals surface area contributed by atoms with Crippen LogP contribution in [0, 0.1) is 0 Å². The summed E-state index contributed by atoms with van der Waals surface area (Å²) in [6, 6.07) is 6.89. The second-order valence-corrected chi connectivity index (χ2v) is 6.62. The number of aliphatic hydroxyl groups excluding tert-OH is 1. The van der Waals surface area contributed by atoms with Gasteiger partial charge in [-0.3, -0.25) is 0 Å². The lowest BCUT2D eigenvalue weighted by Crippen LogP contribution is -2.33. The van der Waals surface area contributed by atoms with Crippen LogP contribution in [0.1, 0.15) is 25.3 Å². The molecule has 0 aliphatic carbocycles. The Kier molecular flexibility index (Phi) is 4.04. The molecule has 1 aliphatic heterocycles. The van der Waals surface area contributed by atoms with Gasteiger partial charge < -0.3 is 5.11 Å². The maximum atomic E-state index is 12.4. The van der Waals surface area contributed by atoms with Crippen LogP contribution in [0.2, 0.25) is 0 Å². The van der Waals surface area contributed by atoms with Crippen molar-refractivity contribution in [1.82, 2.24) is 4.31 Å². The highest BCUT2D eigenvalue weighted by atomic mass is 32.2. The van der Waals surface area contributed by atoms with Gasteiger partial charge in [-0.2, -0.15) is 4.31 Å². The zero-order chi connectivity index (χ0) is 13.2. The van der Waals surface area contributed by atoms with E-state index < -0.39 is 10.0 Å². The van der Waals surface area contributed by atoms with E-state index in [2.05, 4.69) is 0 Å². The quantitative estimate of drug-likeness (QED) is 0.898. The van der Waals surface area contributed by atoms with Crippen LogP contribution in [0.15, 0.2) is 29.2 Å². The first kappa shape index (κ1) is 13.5. The van der Waals surface area contributed by atoms with Crippen LogP contribution < -0.4 is 0 Å². The van der Waals surface area contributed by atoms with Crippen molar-refractivity contribution in [3.63, 3.8) is 0 Å². The molecular weight excluding hydrogens is 250 g/mol. The average molecular weight is 269 g/mol. The number of aliphatic hydroxyl groups is 1. The first-order valence-corrected chi connectivity index (χ1v) is 7.71. The van der Waals surface area contributed by atoms with Crippen LogP contribution >= 0.6 is 0 Å². The molecule has 2 rings (SSSR count). The molecule has 4 nitrogen and oxygen atoms in total. The number of nitrogens with zero attached hydrogens (tertiary/aromatic N) is 1. The molecule has 100 valence electrons. The van der Waals surface area contributed by atoms with Gasteiger partial charge in [0, 0.05) is 19.2 Å². The van der Waals surface area contributed by atoms with E-state index in [4.69, 9.17) is 5.11 Å². The van der Waals surface area contributed by atoms with E-state index >= 15 is 0 Å². The highest BCUT2D eigenvalue weighted by Crippen LogP contribution is 2.25. The van der Waals surface area contributed by atoms with Gasteiger partial charge in [0.15, 0.2) is 0 Å². The monoisotopic (exact) mass is 269 g/mol. The summed E-state index contributed by atoms with van der Waals surface area (Å²) in [4.78, 5) is 0.345. The molecule has 1 atom stereocenters. The molecule has 0 radical (unpaired) electrons. The van der Waals surface area contributed by atoms with Gasteiger partial charge in [0.2, 0.25) is 10.0 Å². The summed E-state index contributed by atoms with van der Waals surface area (Å²) >= 11 is 0. The minimum atomic E-state index is -3.35. The number of sulfonamides is 1. The van der Waals surface area contributed by atoms with Gasteiger partial charge in [0.05, 0.1) is 4.90 Å². The highest BCUT2D eigenvalue weighted by Gasteiger charge is 2.32. The van der Waals surface area contributed by atoms with E-state index in [1.54, 1.807) is 28.6 Å². The van der Waals surface area contributed by atoms with Crippen LogP contribution in [-0.2, 0) is 16.4 Å². The summed E-state index contributed by atoms with van der Waals surface area (Å²) in [7, 11) is -3.35. The van der Waals surface area contributed by atoms with E-state index in [0.29, 0.717) is 17.9 Å². The largest absolute Gasteiger partial charge is 0.396 e. The van der Waals surface area contributed by atoms with Crippen molar-refractivity contribution in [3.05, 3.63) is 29.8 Å². The van der Waals surface area contributed by atoms with E-state index in [1.165, 1.54) is 0 Å². The number of rotatable bonds is 4. The third-order valence-corrected chi connectivity index (χ3v) is 5.45. The van der Waals surface area contributed by atoms with Crippen molar-refractivity contribution in [2.75, 3.05) is 13.2 Å². The summed E-state index contributed by atoms with van der Waals surface area (Å²) in [5, 5.41) is 8.83. The molecule has 0 aromatic heterocycles. The van der Waals surface area contributed by atoms with Crippen molar-refractivity contribution in [2.24, 2.45) is 0 Å². The van der Waals surface area contributed by atoms with E-state index in [-0.39, 0.29) is 12.6 Å². The van der Waals surface area contributed by atoms with Gasteiger partial charge in [-0.1, -0.05) is 12.1 Å². The van der Waals surface area contributed by atoms with Crippen molar-refractivity contribution in [2.45, 2.75) is 37.1 Å². The van der Waals surface area contributed by atoms with Gasteiger partial charge in [-0.05, 0) is 43.9 Å². The number of benzene rings is 1. The molecule has 18 heavy (non-hydrogen) atoms. The Morgan fingerprint density at radius 2 is 2.00 bits per heavy atom. The van der Waals surface area contributed by atoms with Crippen molar-refractivity contribution >= 4 is 10.0 Å². The minimum absolute atomic E-state index is 0.0786. The van der Waals surface area contributed by atoms with Crippen LogP contribution in [0.3, 0.4) is 0 Å². The van der Waals surface area contributed by atoms with Gasteiger partial charge >= 0.3 is 0 Å². The maximum absolute atomic E-state index is 12.4. The molecule has 1 unspecified atom stereocenters. The first-order valence-electron chi connectivity index (χ1n) is 6.27. The van der Waals surface area contributed by atoms with Gasteiger partial charge in [-0.25, -0.2) is 8.42 Å². The van der Waals surface area contributed by atoms with Gasteiger partial charge in [0.25, 0.3) is 0 Å². The molecule has 1 aliphatic rings. The van der Waals surface area contributed by atoms with Gasteiger partial charge in [-0.15, -0.1) is 0 Å². The second-order valence-electron chi connectivity index (χ2n) is 4.72. The maximum Gasteiger partial charge on any atom is 0.243 e. The second kappa shape index (κ2) is 5.38. The van der Waals surface area contributed by atoms with Crippen LogP contribution in [-0.4, -0.2) is 37.0 Å². The van der Waals surface area contributed by atoms with Crippen LogP contribution in [0.4, 0.5) is 0 Å². The Bertz CT molecular complexity index is 495. The van der Waals surface area contributed by atoms with Gasteiger partial charge in [0.1, 0.15) is 0 Å². The minimum Gasteiger partial charge on any atom is -0.396 e. The molecule has 0 saturated carbocycles. The molecule has 1 fully saturated rings. The number of hydrogen-bond donors (Lipinski definition) is 1. The molecule has 0 spiro atoms. The molecule has 1 saturated heterocycles. The molecule has 1 aromatic carbocycles. The zero-order valence-corrected chi connectivity index (χ0v) is 11.4. The molecule has 0 amide bonds. The van der Waals surface area contributed by atoms with E-state index in [9.17, 15) is 8.42 Å². The molecule has 0 bridgehead atoms. The molecule has 1 N–H and O–H groups in total. The SMILES string of the molecule is CC1CCCN1S(=O)(=O)c1ccc(CCO)cc1. The standard InChI is InChI=1S/C13H19NO3S/c1-11-3-2-9-14(11)18(16,17)13-6-4-12(5-7-13)8-10-15/h4-7,11,15H,2-3,8-10H2,1H3. The molecule has 1 heterocycles. The lowest BCUT2D eigenvalue weighted by molar-refractivity contribution is 0.299. The Morgan fingerprint density at radius 3 is 2.50 bits per heavy atom. The Morgan fingerprint density at radius 1 is 1.33 bits per heavy atom. The van der Waals surface area contributed by atoms with E-state index in [0.717, 1.165) is 18.4 Å². The highest BCUT2D eigenvalue weighted by molar-refractivity contribution is 7.89. The fraction of sp³-hybridized carbons (Fsp3) is 0.538. The normalized spacial score (nSPS) is 21.3. The van der Waals surface area contributed by atoms with Crippen molar-refractivity contribution < 1.29 is 13.5 Å². The third-order valence-electron chi connectivity index (χ3n) is 3.42. The Hall–Kier alpha value is -0.910. The fourth-order valence-electron chi connectivity index (χ4n) is 2.36. The smallest absolute Gasteiger partial charge is 0.243 e. The first-order chi connectivity index (χ1) is 8.55. The van der Waals surface area contributed by atoms with Crippen LogP contribution in [0.25, 0.3) is 0 Å². The summed E-state index contributed by atoms with van der Waals surface area (Å²) in [6.45, 7) is 2.64. The molecule has 1 aromatic rings. The molecular formula is C13H19NO3S. The molecule has 5 heteroatoms. The topological polar surface area (TPSA) is 57.6 Å². The van der Waals surface area contributed by atoms with Crippen molar-refractivity contribution in [1.29, 1.82) is 0 Å². The lowest BCUT2D eigenvalue weighted by atomic mass is 10.2. The predicted molar refractivity (Wildman–Crippen MR) is 69.8 cm³/mol. The zero-order valence-electron chi connectivity index (χ0n) is 10.5. The summed E-state index contributed by atoms with van der Waals surface area (Å²) in [6.07, 6.45) is 2.42. The Balaban J connectivity index is 2.24. The number of hydrogen-bond acceptors (Lipinski definition) is 3. The summed E-state index contributed by atoms with van der Waals surface area (Å²) in [5.74, 6) is 0. The lowest BCUT2D eigenvalue weighted by Gasteiger charge is -2.20. The summed E-state index contributed by atoms with van der Waals surface area (Å²) < 4.78 is 26.4. The predicted octanol–water partition coefficient (Wildman–Crippen LogP) is 1.39. The fourth-order valence-corrected chi connectivity index (χ4v) is 4.06. The Labute approximate surface area is 108 Å². The third kappa shape index (κ3) is 2.58. The van der Waals surface area contributed by atoms with Crippen molar-refractivity contribution in [3.8, 4) is 0 Å². The average Bonchev–Trinajstić information content (AvgIpc) is 2.77.